The Kier molecular flexibility index (Phi) is 4.23. The maximum absolute atomic E-state index is 13.9. The zero-order chi connectivity index (χ0) is 14.9. The Balaban J connectivity index is 2.25. The van der Waals surface area contributed by atoms with Crippen LogP contribution in [0.15, 0.2) is 24.4 Å². The normalized spacial score (nSPS) is 12.3. The zero-order valence-electron chi connectivity index (χ0n) is 11.5. The van der Waals surface area contributed by atoms with Crippen molar-refractivity contribution in [2.24, 2.45) is 0 Å². The highest BCUT2D eigenvalue weighted by Gasteiger charge is 2.14. The lowest BCUT2D eigenvalue weighted by molar-refractivity contribution is 0.571. The highest BCUT2D eigenvalue weighted by atomic mass is 35.5. The number of pyridine rings is 1. The number of rotatable bonds is 3. The van der Waals surface area contributed by atoms with Crippen molar-refractivity contribution in [1.29, 1.82) is 0 Å². The summed E-state index contributed by atoms with van der Waals surface area (Å²) >= 11 is 5.85. The molecule has 2 nitrogen and oxygen atoms in total. The molecule has 106 valence electrons. The van der Waals surface area contributed by atoms with Crippen molar-refractivity contribution in [2.75, 3.05) is 5.32 Å². The van der Waals surface area contributed by atoms with Crippen LogP contribution in [0.4, 0.5) is 14.5 Å². The van der Waals surface area contributed by atoms with E-state index >= 15 is 0 Å². The van der Waals surface area contributed by atoms with E-state index in [-0.39, 0.29) is 11.6 Å². The summed E-state index contributed by atoms with van der Waals surface area (Å²) in [6.45, 7) is 5.13. The first-order chi connectivity index (χ1) is 9.38. The van der Waals surface area contributed by atoms with Crippen molar-refractivity contribution in [3.05, 3.63) is 57.9 Å². The molecule has 0 saturated heterocycles. The Bertz CT molecular complexity index is 644. The van der Waals surface area contributed by atoms with Crippen LogP contribution in [0.25, 0.3) is 0 Å². The first-order valence-corrected chi connectivity index (χ1v) is 6.60. The highest BCUT2D eigenvalue weighted by Crippen LogP contribution is 2.25. The number of anilines is 1. The number of hydrogen-bond acceptors (Lipinski definition) is 2. The zero-order valence-corrected chi connectivity index (χ0v) is 12.2. The second kappa shape index (κ2) is 5.75. The second-order valence-corrected chi connectivity index (χ2v) is 5.18. The lowest BCUT2D eigenvalue weighted by Gasteiger charge is -2.17. The molecular weight excluding hydrogens is 282 g/mol. The van der Waals surface area contributed by atoms with Crippen LogP contribution in [0.3, 0.4) is 0 Å². The highest BCUT2D eigenvalue weighted by molar-refractivity contribution is 6.30. The molecule has 0 aliphatic carbocycles. The number of aryl methyl sites for hydroxylation is 2. The summed E-state index contributed by atoms with van der Waals surface area (Å²) in [6, 6.07) is 3.86. The van der Waals surface area contributed by atoms with E-state index in [4.69, 9.17) is 11.6 Å². The van der Waals surface area contributed by atoms with Gasteiger partial charge in [0.2, 0.25) is 0 Å². The Morgan fingerprint density at radius 3 is 2.45 bits per heavy atom. The first kappa shape index (κ1) is 14.7. The monoisotopic (exact) mass is 296 g/mol. The fourth-order valence-electron chi connectivity index (χ4n) is 1.96. The summed E-state index contributed by atoms with van der Waals surface area (Å²) in [5.74, 6) is -0.844. The minimum Gasteiger partial charge on any atom is -0.377 e. The predicted molar refractivity (Wildman–Crippen MR) is 77.1 cm³/mol. The molecule has 2 aromatic rings. The molecule has 0 saturated carbocycles. The molecule has 1 aromatic heterocycles. The summed E-state index contributed by atoms with van der Waals surface area (Å²) in [5, 5.41) is 3.51. The average molecular weight is 297 g/mol. The van der Waals surface area contributed by atoms with Crippen LogP contribution in [0.1, 0.15) is 29.7 Å². The van der Waals surface area contributed by atoms with Gasteiger partial charge in [-0.3, -0.25) is 0 Å². The van der Waals surface area contributed by atoms with E-state index in [1.807, 2.05) is 13.0 Å². The molecule has 1 aromatic carbocycles. The predicted octanol–water partition coefficient (Wildman–Crippen LogP) is 4.80. The van der Waals surface area contributed by atoms with Gasteiger partial charge in [-0.25, -0.2) is 13.8 Å². The van der Waals surface area contributed by atoms with Crippen molar-refractivity contribution >= 4 is 17.3 Å². The van der Waals surface area contributed by atoms with Crippen LogP contribution >= 0.6 is 11.6 Å². The Morgan fingerprint density at radius 2 is 1.80 bits per heavy atom. The minimum atomic E-state index is -0.428. The SMILES string of the molecule is Cc1cc(F)c(C(C)Nc2cnc(Cl)c(C)c2)cc1F. The standard InChI is InChI=1S/C15H15ClF2N2/c1-8-5-14(18)12(6-13(8)17)10(3)20-11-4-9(2)15(16)19-7-11/h4-7,10,20H,1-3H3. The number of hydrogen-bond donors (Lipinski definition) is 1. The Morgan fingerprint density at radius 1 is 1.10 bits per heavy atom. The van der Waals surface area contributed by atoms with Gasteiger partial charge in [-0.2, -0.15) is 0 Å². The van der Waals surface area contributed by atoms with E-state index in [9.17, 15) is 8.78 Å². The van der Waals surface area contributed by atoms with Gasteiger partial charge in [-0.05, 0) is 50.1 Å². The van der Waals surface area contributed by atoms with Crippen LogP contribution in [0, 0.1) is 25.5 Å². The minimum absolute atomic E-state index is 0.278. The third-order valence-electron chi connectivity index (χ3n) is 3.14. The molecule has 1 heterocycles. The van der Waals surface area contributed by atoms with Gasteiger partial charge in [0.15, 0.2) is 0 Å². The van der Waals surface area contributed by atoms with E-state index in [1.54, 1.807) is 13.1 Å². The fourth-order valence-corrected chi connectivity index (χ4v) is 2.06. The molecular formula is C15H15ClF2N2. The molecule has 1 N–H and O–H groups in total. The number of nitrogens with zero attached hydrogens (tertiary/aromatic N) is 1. The molecule has 0 fully saturated rings. The summed E-state index contributed by atoms with van der Waals surface area (Å²) in [6.07, 6.45) is 1.56. The van der Waals surface area contributed by atoms with Crippen molar-refractivity contribution in [2.45, 2.75) is 26.8 Å². The van der Waals surface area contributed by atoms with Crippen LogP contribution in [-0.2, 0) is 0 Å². The molecule has 0 aliphatic heterocycles. The van der Waals surface area contributed by atoms with Gasteiger partial charge in [-0.1, -0.05) is 11.6 Å². The molecule has 0 aliphatic rings. The molecule has 0 radical (unpaired) electrons. The van der Waals surface area contributed by atoms with Crippen molar-refractivity contribution in [3.63, 3.8) is 0 Å². The molecule has 20 heavy (non-hydrogen) atoms. The Labute approximate surface area is 121 Å². The largest absolute Gasteiger partial charge is 0.377 e. The van der Waals surface area contributed by atoms with Crippen molar-refractivity contribution in [3.8, 4) is 0 Å². The van der Waals surface area contributed by atoms with Gasteiger partial charge in [0, 0.05) is 5.56 Å². The fraction of sp³-hybridized carbons (Fsp3) is 0.267. The second-order valence-electron chi connectivity index (χ2n) is 4.82. The van der Waals surface area contributed by atoms with E-state index in [0.29, 0.717) is 16.4 Å². The number of aromatic nitrogens is 1. The molecule has 1 unspecified atom stereocenters. The van der Waals surface area contributed by atoms with Gasteiger partial charge < -0.3 is 5.32 Å². The van der Waals surface area contributed by atoms with Crippen molar-refractivity contribution in [1.82, 2.24) is 4.98 Å². The lowest BCUT2D eigenvalue weighted by atomic mass is 10.0. The molecule has 5 heteroatoms. The summed E-state index contributed by atoms with van der Waals surface area (Å²) < 4.78 is 27.4. The Hall–Kier alpha value is -1.68. The molecule has 2 rings (SSSR count). The third-order valence-corrected chi connectivity index (χ3v) is 3.54. The van der Waals surface area contributed by atoms with Gasteiger partial charge >= 0.3 is 0 Å². The third kappa shape index (κ3) is 3.07. The lowest BCUT2D eigenvalue weighted by Crippen LogP contribution is -2.10. The van der Waals surface area contributed by atoms with E-state index in [0.717, 1.165) is 5.56 Å². The summed E-state index contributed by atoms with van der Waals surface area (Å²) in [4.78, 5) is 4.01. The summed E-state index contributed by atoms with van der Waals surface area (Å²) in [5.41, 5.74) is 2.10. The molecule has 0 amide bonds. The molecule has 0 spiro atoms. The molecule has 1 atom stereocenters. The van der Waals surface area contributed by atoms with E-state index in [1.165, 1.54) is 19.1 Å². The van der Waals surface area contributed by atoms with Crippen molar-refractivity contribution < 1.29 is 8.78 Å². The van der Waals surface area contributed by atoms with E-state index < -0.39 is 11.6 Å². The maximum atomic E-state index is 13.9. The molecule has 0 bridgehead atoms. The first-order valence-electron chi connectivity index (χ1n) is 6.22. The number of halogens is 3. The average Bonchev–Trinajstić information content (AvgIpc) is 2.38. The maximum Gasteiger partial charge on any atom is 0.132 e. The van der Waals surface area contributed by atoms with Gasteiger partial charge in [0.05, 0.1) is 17.9 Å². The van der Waals surface area contributed by atoms with Crippen LogP contribution < -0.4 is 5.32 Å². The number of benzene rings is 1. The van der Waals surface area contributed by atoms with Gasteiger partial charge in [-0.15, -0.1) is 0 Å². The topological polar surface area (TPSA) is 24.9 Å². The van der Waals surface area contributed by atoms with Crippen LogP contribution in [-0.4, -0.2) is 4.98 Å². The quantitative estimate of drug-likeness (QED) is 0.823. The smallest absolute Gasteiger partial charge is 0.132 e. The number of nitrogens with one attached hydrogen (secondary N) is 1. The van der Waals surface area contributed by atoms with E-state index in [2.05, 4.69) is 10.3 Å². The summed E-state index contributed by atoms with van der Waals surface area (Å²) in [7, 11) is 0. The van der Waals surface area contributed by atoms with Crippen LogP contribution in [0.2, 0.25) is 5.15 Å². The van der Waals surface area contributed by atoms with Gasteiger partial charge in [0.25, 0.3) is 0 Å². The van der Waals surface area contributed by atoms with Crippen LogP contribution in [0.5, 0.6) is 0 Å². The van der Waals surface area contributed by atoms with Gasteiger partial charge in [0.1, 0.15) is 16.8 Å².